The minimum Gasteiger partial charge on any atom is -0.481 e. The van der Waals surface area contributed by atoms with E-state index in [1.54, 1.807) is 12.1 Å². The Hall–Kier alpha value is -2.43. The first-order chi connectivity index (χ1) is 14.9. The third-order valence-electron chi connectivity index (χ3n) is 4.16. The summed E-state index contributed by atoms with van der Waals surface area (Å²) >= 11 is 8.90. The van der Waals surface area contributed by atoms with Gasteiger partial charge in [0.25, 0.3) is 0 Å². The van der Waals surface area contributed by atoms with E-state index in [1.165, 1.54) is 23.1 Å². The molecule has 8 nitrogen and oxygen atoms in total. The van der Waals surface area contributed by atoms with Crippen molar-refractivity contribution in [1.29, 1.82) is 0 Å². The summed E-state index contributed by atoms with van der Waals surface area (Å²) in [5.41, 5.74) is 1.04. The van der Waals surface area contributed by atoms with E-state index >= 15 is 0 Å². The zero-order valence-corrected chi connectivity index (χ0v) is 19.9. The summed E-state index contributed by atoms with van der Waals surface area (Å²) in [5, 5.41) is 21.7. The molecule has 3 aromatic rings. The Labute approximate surface area is 194 Å². The zero-order valence-electron chi connectivity index (χ0n) is 17.5. The quantitative estimate of drug-likeness (QED) is 0.333. The number of hydrogen-bond acceptors (Lipinski definition) is 8. The van der Waals surface area contributed by atoms with Crippen LogP contribution in [0, 0.1) is 6.92 Å². The van der Waals surface area contributed by atoms with Gasteiger partial charge >= 0.3 is 0 Å². The maximum atomic E-state index is 12.3. The van der Waals surface area contributed by atoms with Gasteiger partial charge in [0.1, 0.15) is 10.8 Å². The molecule has 0 fully saturated rings. The fourth-order valence-electron chi connectivity index (χ4n) is 2.68. The molecule has 1 N–H and O–H groups in total. The summed E-state index contributed by atoms with van der Waals surface area (Å²) in [6.07, 6.45) is 2.13. The molecule has 0 spiro atoms. The predicted octanol–water partition coefficient (Wildman–Crippen LogP) is 4.71. The number of hydrogen-bond donors (Lipinski definition) is 1. The van der Waals surface area contributed by atoms with Crippen LogP contribution in [0.25, 0.3) is 0 Å². The van der Waals surface area contributed by atoms with Crippen LogP contribution in [-0.4, -0.2) is 36.6 Å². The Morgan fingerprint density at radius 1 is 1.39 bits per heavy atom. The van der Waals surface area contributed by atoms with Gasteiger partial charge in [-0.3, -0.25) is 14.7 Å². The minimum atomic E-state index is -0.399. The molecule has 0 bridgehead atoms. The van der Waals surface area contributed by atoms with Gasteiger partial charge in [-0.05, 0) is 38.0 Å². The average molecular weight is 479 g/mol. The Morgan fingerprint density at radius 3 is 2.90 bits per heavy atom. The van der Waals surface area contributed by atoms with Crippen molar-refractivity contribution < 1.29 is 9.53 Å². The number of ether oxygens (including phenoxy) is 1. The molecule has 3 rings (SSSR count). The molecule has 0 aliphatic carbocycles. The van der Waals surface area contributed by atoms with Crippen molar-refractivity contribution in [3.8, 4) is 5.75 Å². The van der Waals surface area contributed by atoms with Gasteiger partial charge in [0.05, 0.1) is 10.8 Å². The first kappa shape index (κ1) is 23.2. The van der Waals surface area contributed by atoms with Crippen molar-refractivity contribution in [3.05, 3.63) is 52.3 Å². The molecule has 31 heavy (non-hydrogen) atoms. The Bertz CT molecular complexity index is 1070. The van der Waals surface area contributed by atoms with Gasteiger partial charge in [0.15, 0.2) is 17.1 Å². The maximum absolute atomic E-state index is 12.3. The van der Waals surface area contributed by atoms with Crippen LogP contribution in [-0.2, 0) is 17.8 Å². The fraction of sp³-hybridized carbons (Fsp3) is 0.350. The van der Waals surface area contributed by atoms with Gasteiger partial charge in [-0.15, -0.1) is 27.0 Å². The largest absolute Gasteiger partial charge is 0.481 e. The summed E-state index contributed by atoms with van der Waals surface area (Å²) in [5.74, 6) is 1.18. The highest BCUT2D eigenvalue weighted by Crippen LogP contribution is 2.30. The average Bonchev–Trinajstić information content (AvgIpc) is 3.36. The van der Waals surface area contributed by atoms with E-state index in [1.807, 2.05) is 37.5 Å². The van der Waals surface area contributed by atoms with Crippen LogP contribution >= 0.6 is 34.7 Å². The molecule has 0 aliphatic heterocycles. The van der Waals surface area contributed by atoms with Crippen molar-refractivity contribution in [2.45, 2.75) is 45.0 Å². The third-order valence-corrected chi connectivity index (χ3v) is 6.42. The van der Waals surface area contributed by atoms with Crippen molar-refractivity contribution in [2.24, 2.45) is 0 Å². The lowest BCUT2D eigenvalue weighted by Crippen LogP contribution is -2.15. The van der Waals surface area contributed by atoms with Crippen LogP contribution in [0.1, 0.15) is 36.3 Å². The summed E-state index contributed by atoms with van der Waals surface area (Å²) in [6.45, 7) is 10.1. The lowest BCUT2D eigenvalue weighted by atomic mass is 10.2. The van der Waals surface area contributed by atoms with E-state index in [9.17, 15) is 4.79 Å². The van der Waals surface area contributed by atoms with E-state index in [2.05, 4.69) is 32.3 Å². The molecular formula is C20H23ClN6O2S2. The monoisotopic (exact) mass is 478 g/mol. The van der Waals surface area contributed by atoms with Crippen molar-refractivity contribution in [1.82, 2.24) is 25.0 Å². The van der Waals surface area contributed by atoms with E-state index < -0.39 is 6.10 Å². The summed E-state index contributed by atoms with van der Waals surface area (Å²) in [6, 6.07) is 5.60. The van der Waals surface area contributed by atoms with E-state index in [0.29, 0.717) is 33.4 Å². The van der Waals surface area contributed by atoms with Gasteiger partial charge in [0, 0.05) is 6.54 Å². The molecule has 2 heterocycles. The van der Waals surface area contributed by atoms with Crippen LogP contribution in [0.2, 0.25) is 5.02 Å². The van der Waals surface area contributed by atoms with E-state index in [4.69, 9.17) is 16.3 Å². The number of anilines is 1. The predicted molar refractivity (Wildman–Crippen MR) is 124 cm³/mol. The minimum absolute atomic E-state index is 0.162. The highest BCUT2D eigenvalue weighted by molar-refractivity contribution is 7.99. The molecule has 0 saturated carbocycles. The Balaban J connectivity index is 1.68. The molecule has 164 valence electrons. The SMILES string of the molecule is C=CCn1c(SCC(=O)Nc2nnc(CC)s2)nnc1C(C)Oc1cc(C)ccc1Cl. The molecule has 1 amide bonds. The number of nitrogens with one attached hydrogen (secondary N) is 1. The molecule has 11 heteroatoms. The number of halogens is 1. The van der Waals surface area contributed by atoms with Gasteiger partial charge in [-0.1, -0.05) is 53.8 Å². The molecule has 1 atom stereocenters. The van der Waals surface area contributed by atoms with Crippen LogP contribution in [0.4, 0.5) is 5.13 Å². The highest BCUT2D eigenvalue weighted by atomic mass is 35.5. The summed E-state index contributed by atoms with van der Waals surface area (Å²) in [7, 11) is 0. The molecule has 0 saturated heterocycles. The molecule has 1 unspecified atom stereocenters. The van der Waals surface area contributed by atoms with Crippen molar-refractivity contribution in [2.75, 3.05) is 11.1 Å². The van der Waals surface area contributed by atoms with Crippen LogP contribution < -0.4 is 10.1 Å². The molecule has 1 aromatic carbocycles. The first-order valence-electron chi connectivity index (χ1n) is 9.63. The smallest absolute Gasteiger partial charge is 0.236 e. The standard InChI is InChI=1S/C20H23ClN6O2S2/c1-5-9-27-18(13(4)29-15-10-12(3)7-8-14(15)21)24-26-20(27)30-11-16(28)22-19-25-23-17(6-2)31-19/h5,7-8,10,13H,1,6,9,11H2,2-4H3,(H,22,25,28). The van der Waals surface area contributed by atoms with Crippen LogP contribution in [0.15, 0.2) is 36.0 Å². The zero-order chi connectivity index (χ0) is 22.4. The van der Waals surface area contributed by atoms with Gasteiger partial charge in [-0.25, -0.2) is 0 Å². The molecular weight excluding hydrogens is 456 g/mol. The lowest BCUT2D eigenvalue weighted by molar-refractivity contribution is -0.113. The Kier molecular flexibility index (Phi) is 8.05. The van der Waals surface area contributed by atoms with Crippen LogP contribution in [0.3, 0.4) is 0 Å². The number of benzene rings is 1. The summed E-state index contributed by atoms with van der Waals surface area (Å²) < 4.78 is 7.91. The third kappa shape index (κ3) is 6.05. The van der Waals surface area contributed by atoms with Gasteiger partial charge < -0.3 is 4.74 Å². The van der Waals surface area contributed by atoms with E-state index in [0.717, 1.165) is 17.0 Å². The first-order valence-corrected chi connectivity index (χ1v) is 11.8. The number of nitrogens with zero attached hydrogens (tertiary/aromatic N) is 5. The topological polar surface area (TPSA) is 94.8 Å². The number of aromatic nitrogens is 5. The Morgan fingerprint density at radius 2 is 2.19 bits per heavy atom. The van der Waals surface area contributed by atoms with Crippen molar-refractivity contribution in [3.63, 3.8) is 0 Å². The number of thioether (sulfide) groups is 1. The fourth-order valence-corrected chi connectivity index (χ4v) is 4.30. The number of allylic oxidation sites excluding steroid dienone is 1. The number of aryl methyl sites for hydroxylation is 2. The number of rotatable bonds is 10. The van der Waals surface area contributed by atoms with Gasteiger partial charge in [-0.2, -0.15) is 0 Å². The van der Waals surface area contributed by atoms with Gasteiger partial charge in [0.2, 0.25) is 11.0 Å². The highest BCUT2D eigenvalue weighted by Gasteiger charge is 2.21. The molecule has 2 aromatic heterocycles. The second-order valence-corrected chi connectivity index (χ2v) is 9.04. The number of carbonyl (C=O) groups excluding carboxylic acids is 1. The summed E-state index contributed by atoms with van der Waals surface area (Å²) in [4.78, 5) is 12.3. The normalized spacial score (nSPS) is 11.9. The van der Waals surface area contributed by atoms with E-state index in [-0.39, 0.29) is 11.7 Å². The number of carbonyl (C=O) groups is 1. The molecule has 0 aliphatic rings. The second kappa shape index (κ2) is 10.7. The van der Waals surface area contributed by atoms with Crippen molar-refractivity contribution >= 4 is 45.7 Å². The number of amides is 1. The second-order valence-electron chi connectivity index (χ2n) is 6.63. The molecule has 0 radical (unpaired) electrons. The lowest BCUT2D eigenvalue weighted by Gasteiger charge is -2.17. The maximum Gasteiger partial charge on any atom is 0.236 e. The van der Waals surface area contributed by atoms with Crippen LogP contribution in [0.5, 0.6) is 5.75 Å².